The number of unbranched alkanes of at least 4 members (excludes halogenated alkanes) is 2. The molecule has 6 atom stereocenters. The molecule has 8 rings (SSSR count). The van der Waals surface area contributed by atoms with Crippen LogP contribution in [0.25, 0.3) is 0 Å². The summed E-state index contributed by atoms with van der Waals surface area (Å²) in [4.78, 5) is 37.8. The standard InChI is InChI=1S/C51H58N4O12/c1-4-24-65-51-47(54(50(58)61-3)29-35-16-20-45-46(25-35)64-32-63-45)28-43(53-66-30-34-14-17-38(18-15-34)55(59)60)41-26-36(11-5-7-22-56)40(13-6-8-23-57)48(49(41)51)42-27-39(19-21-44(42)67-51)62-31-37-12-9-10-33(2)52-37/h4,9-10,12,14-21,25-27,36,40,47-49,56-57H,1,5-8,11,13,22-24,28-32H2,2-3H3/t36-,40+,47-,48+,49+,51+/m0/s1. The lowest BCUT2D eigenvalue weighted by Crippen LogP contribution is -2.70. The minimum absolute atomic E-state index is 0.00705. The Kier molecular flexibility index (Phi) is 15.0. The Balaban J connectivity index is 1.30. The zero-order chi connectivity index (χ0) is 46.9. The lowest BCUT2D eigenvalue weighted by Gasteiger charge is -2.59. The molecule has 1 saturated carbocycles. The monoisotopic (exact) mass is 918 g/mol. The molecule has 2 aliphatic carbocycles. The number of hydrogen-bond donors (Lipinski definition) is 2. The molecule has 1 aromatic heterocycles. The summed E-state index contributed by atoms with van der Waals surface area (Å²) in [5, 5.41) is 36.3. The number of non-ortho nitro benzene ring substituents is 1. The van der Waals surface area contributed by atoms with Crippen molar-refractivity contribution >= 4 is 17.5 Å². The second-order valence-corrected chi connectivity index (χ2v) is 17.3. The van der Waals surface area contributed by atoms with Crippen LogP contribution in [0.5, 0.6) is 23.0 Å². The SMILES string of the molecule is C=CCO[C@@]12Oc3ccc(OCc4cccc(C)n4)cc3[C@H]3[C@H](CCCCO)[C@@H](CCCCO)C=C(C(=NOCc4ccc([N+](=O)[O-])cc4)C[C@@H]1N(Cc1ccc4c(c1)OCO4)C(=O)OC)[C@H]32. The maximum atomic E-state index is 14.4. The molecular weight excluding hydrogens is 861 g/mol. The van der Waals surface area contributed by atoms with Crippen LogP contribution in [0.15, 0.2) is 108 Å². The van der Waals surface area contributed by atoms with Crippen molar-refractivity contribution in [2.75, 3.05) is 33.7 Å². The number of benzene rings is 3. The second-order valence-electron chi connectivity index (χ2n) is 17.3. The summed E-state index contributed by atoms with van der Waals surface area (Å²) in [6.45, 7) is 6.57. The molecule has 67 heavy (non-hydrogen) atoms. The van der Waals surface area contributed by atoms with Gasteiger partial charge in [0.1, 0.15) is 30.8 Å². The number of aliphatic hydroxyl groups excluding tert-OH is 2. The molecule has 4 aliphatic rings. The molecular formula is C51H58N4O12. The van der Waals surface area contributed by atoms with Gasteiger partial charge in [0.15, 0.2) is 11.5 Å². The predicted molar refractivity (Wildman–Crippen MR) is 247 cm³/mol. The van der Waals surface area contributed by atoms with Crippen molar-refractivity contribution in [2.24, 2.45) is 22.9 Å². The summed E-state index contributed by atoms with van der Waals surface area (Å²) >= 11 is 0. The molecule has 0 bridgehead atoms. The number of hydrogen-bond acceptors (Lipinski definition) is 14. The van der Waals surface area contributed by atoms with Gasteiger partial charge in [0, 0.05) is 55.5 Å². The highest BCUT2D eigenvalue weighted by Crippen LogP contribution is 2.62. The fraction of sp³-hybridized carbons (Fsp3) is 0.431. The number of ether oxygens (including phenoxy) is 6. The van der Waals surface area contributed by atoms with Crippen LogP contribution in [0.2, 0.25) is 0 Å². The van der Waals surface area contributed by atoms with Crippen LogP contribution < -0.4 is 18.9 Å². The van der Waals surface area contributed by atoms with Crippen LogP contribution in [0, 0.1) is 34.8 Å². The van der Waals surface area contributed by atoms with E-state index in [2.05, 4.69) is 17.6 Å². The van der Waals surface area contributed by atoms with Crippen molar-refractivity contribution in [1.29, 1.82) is 0 Å². The van der Waals surface area contributed by atoms with Crippen LogP contribution in [-0.4, -0.2) is 82.4 Å². The second kappa shape index (κ2) is 21.4. The van der Waals surface area contributed by atoms with E-state index in [4.69, 9.17) is 38.4 Å². The molecule has 0 saturated heterocycles. The third-order valence-corrected chi connectivity index (χ3v) is 13.1. The number of nitrogens with zero attached hydrogens (tertiary/aromatic N) is 4. The molecule has 1 amide bonds. The minimum atomic E-state index is -1.54. The molecule has 4 aromatic rings. The van der Waals surface area contributed by atoms with E-state index in [1.807, 2.05) is 61.5 Å². The molecule has 2 aliphatic heterocycles. The van der Waals surface area contributed by atoms with Gasteiger partial charge in [-0.3, -0.25) is 20.0 Å². The van der Waals surface area contributed by atoms with Gasteiger partial charge < -0.3 is 43.5 Å². The summed E-state index contributed by atoms with van der Waals surface area (Å²) in [5.41, 5.74) is 5.37. The highest BCUT2D eigenvalue weighted by Gasteiger charge is 2.65. The summed E-state index contributed by atoms with van der Waals surface area (Å²) in [6, 6.07) is 22.4. The lowest BCUT2D eigenvalue weighted by atomic mass is 9.55. The van der Waals surface area contributed by atoms with Crippen molar-refractivity contribution in [3.63, 3.8) is 0 Å². The van der Waals surface area contributed by atoms with Crippen LogP contribution in [0.4, 0.5) is 10.5 Å². The first kappa shape index (κ1) is 47.0. The molecule has 3 aromatic carbocycles. The van der Waals surface area contributed by atoms with Gasteiger partial charge in [-0.2, -0.15) is 0 Å². The van der Waals surface area contributed by atoms with Crippen molar-refractivity contribution < 1.29 is 53.2 Å². The Morgan fingerprint density at radius 1 is 0.970 bits per heavy atom. The van der Waals surface area contributed by atoms with Gasteiger partial charge in [-0.25, -0.2) is 4.79 Å². The number of pyridine rings is 1. The van der Waals surface area contributed by atoms with Gasteiger partial charge in [-0.15, -0.1) is 6.58 Å². The van der Waals surface area contributed by atoms with E-state index >= 15 is 0 Å². The number of aliphatic hydroxyl groups is 2. The van der Waals surface area contributed by atoms with Crippen molar-refractivity contribution in [1.82, 2.24) is 9.88 Å². The summed E-state index contributed by atoms with van der Waals surface area (Å²) in [6.07, 6.45) is 7.68. The van der Waals surface area contributed by atoms with E-state index < -0.39 is 28.8 Å². The van der Waals surface area contributed by atoms with E-state index in [0.717, 1.165) is 53.8 Å². The molecule has 0 unspecified atom stereocenters. The number of nitro benzene ring substituents is 1. The first-order valence-corrected chi connectivity index (χ1v) is 22.9. The number of amides is 1. The van der Waals surface area contributed by atoms with Crippen molar-refractivity contribution in [2.45, 2.75) is 89.4 Å². The Hall–Kier alpha value is -6.49. The van der Waals surface area contributed by atoms with Gasteiger partial charge in [0.25, 0.3) is 5.69 Å². The maximum absolute atomic E-state index is 14.4. The fourth-order valence-electron chi connectivity index (χ4n) is 10.1. The maximum Gasteiger partial charge on any atom is 0.410 e. The minimum Gasteiger partial charge on any atom is -0.487 e. The van der Waals surface area contributed by atoms with Crippen LogP contribution >= 0.6 is 0 Å². The molecule has 1 fully saturated rings. The Morgan fingerprint density at radius 3 is 2.48 bits per heavy atom. The van der Waals surface area contributed by atoms with E-state index in [1.54, 1.807) is 23.1 Å². The molecule has 3 heterocycles. The lowest BCUT2D eigenvalue weighted by molar-refractivity contribution is -0.384. The summed E-state index contributed by atoms with van der Waals surface area (Å²) in [5.74, 6) is -0.122. The fourth-order valence-corrected chi connectivity index (χ4v) is 10.1. The number of methoxy groups -OCH3 is 1. The third kappa shape index (κ3) is 10.3. The van der Waals surface area contributed by atoms with Crippen LogP contribution in [0.1, 0.15) is 78.9 Å². The van der Waals surface area contributed by atoms with Gasteiger partial charge in [0.05, 0.1) is 36.0 Å². The van der Waals surface area contributed by atoms with Crippen LogP contribution in [0.3, 0.4) is 0 Å². The number of aromatic nitrogens is 1. The van der Waals surface area contributed by atoms with Crippen LogP contribution in [-0.2, 0) is 34.1 Å². The number of nitro groups is 1. The van der Waals surface area contributed by atoms with Gasteiger partial charge in [-0.1, -0.05) is 42.3 Å². The molecule has 2 N–H and O–H groups in total. The average molecular weight is 919 g/mol. The molecule has 0 spiro atoms. The van der Waals surface area contributed by atoms with Gasteiger partial charge in [-0.05, 0) is 116 Å². The quantitative estimate of drug-likeness (QED) is 0.0349. The Bertz CT molecular complexity index is 2460. The Morgan fingerprint density at radius 2 is 1.73 bits per heavy atom. The number of aryl methyl sites for hydroxylation is 1. The van der Waals surface area contributed by atoms with Crippen molar-refractivity contribution in [3.05, 3.63) is 141 Å². The van der Waals surface area contributed by atoms with E-state index in [-0.39, 0.29) is 76.2 Å². The van der Waals surface area contributed by atoms with Gasteiger partial charge >= 0.3 is 6.09 Å². The number of oxime groups is 1. The predicted octanol–water partition coefficient (Wildman–Crippen LogP) is 8.71. The average Bonchev–Trinajstić information content (AvgIpc) is 3.81. The normalized spacial score (nSPS) is 22.7. The zero-order valence-electron chi connectivity index (χ0n) is 37.9. The van der Waals surface area contributed by atoms with E-state index in [9.17, 15) is 25.1 Å². The largest absolute Gasteiger partial charge is 0.487 e. The van der Waals surface area contributed by atoms with Crippen molar-refractivity contribution in [3.8, 4) is 23.0 Å². The highest BCUT2D eigenvalue weighted by molar-refractivity contribution is 6.03. The summed E-state index contributed by atoms with van der Waals surface area (Å²) in [7, 11) is 1.34. The molecule has 16 nitrogen and oxygen atoms in total. The Labute approximate surface area is 389 Å². The number of carbonyl (C=O) groups excluding carboxylic acids is 1. The zero-order valence-corrected chi connectivity index (χ0v) is 37.9. The first-order chi connectivity index (χ1) is 32.7. The number of rotatable bonds is 21. The van der Waals surface area contributed by atoms with E-state index in [1.165, 1.54) is 19.2 Å². The topological polar surface area (TPSA) is 194 Å². The molecule has 0 radical (unpaired) electrons. The number of carbonyl (C=O) groups is 1. The smallest absolute Gasteiger partial charge is 0.410 e. The first-order valence-electron chi connectivity index (χ1n) is 22.9. The molecule has 354 valence electrons. The third-order valence-electron chi connectivity index (χ3n) is 13.1. The summed E-state index contributed by atoms with van der Waals surface area (Å²) < 4.78 is 37.8. The van der Waals surface area contributed by atoms with Gasteiger partial charge in [0.2, 0.25) is 12.6 Å². The number of fused-ring (bicyclic) bond motifs is 3. The number of allylic oxidation sites excluding steroid dienone is 1. The highest BCUT2D eigenvalue weighted by atomic mass is 16.7. The van der Waals surface area contributed by atoms with E-state index in [0.29, 0.717) is 47.1 Å². The molecule has 16 heteroatoms.